The van der Waals surface area contributed by atoms with Gasteiger partial charge in [-0.05, 0) is 55.3 Å². The Balaban J connectivity index is 1.60. The van der Waals surface area contributed by atoms with Crippen LogP contribution in [0.2, 0.25) is 0 Å². The van der Waals surface area contributed by atoms with E-state index in [1.807, 2.05) is 62.4 Å². The van der Waals surface area contributed by atoms with Crippen molar-refractivity contribution in [3.05, 3.63) is 101 Å². The number of benzene rings is 3. The van der Waals surface area contributed by atoms with E-state index in [1.165, 1.54) is 5.56 Å². The lowest BCUT2D eigenvalue weighted by atomic mass is 10.1. The zero-order valence-electron chi connectivity index (χ0n) is 15.5. The molecule has 0 saturated carbocycles. The number of aryl methyl sites for hydroxylation is 2. The lowest BCUT2D eigenvalue weighted by Crippen LogP contribution is -2.23. The Morgan fingerprint density at radius 2 is 1.33 bits per heavy atom. The number of carbonyl (C=O) groups is 2. The molecule has 0 aliphatic heterocycles. The highest BCUT2D eigenvalue weighted by Crippen LogP contribution is 2.15. The maximum absolute atomic E-state index is 12.4. The summed E-state index contributed by atoms with van der Waals surface area (Å²) >= 11 is 0. The lowest BCUT2D eigenvalue weighted by Gasteiger charge is -2.09. The highest BCUT2D eigenvalue weighted by Gasteiger charge is 2.10. The topological polar surface area (TPSA) is 58.2 Å². The van der Waals surface area contributed by atoms with Crippen LogP contribution in [0.15, 0.2) is 72.8 Å². The molecule has 0 heterocycles. The molecule has 0 saturated heterocycles. The van der Waals surface area contributed by atoms with Crippen molar-refractivity contribution in [3.8, 4) is 0 Å². The van der Waals surface area contributed by atoms with Crippen molar-refractivity contribution >= 4 is 17.5 Å². The maximum atomic E-state index is 12.4. The van der Waals surface area contributed by atoms with Gasteiger partial charge in [0.15, 0.2) is 0 Å². The van der Waals surface area contributed by atoms with Gasteiger partial charge in [-0.15, -0.1) is 0 Å². The largest absolute Gasteiger partial charge is 0.348 e. The van der Waals surface area contributed by atoms with Gasteiger partial charge >= 0.3 is 0 Å². The summed E-state index contributed by atoms with van der Waals surface area (Å²) in [5.41, 5.74) is 5.04. The van der Waals surface area contributed by atoms with E-state index in [9.17, 15) is 9.59 Å². The van der Waals surface area contributed by atoms with E-state index in [0.717, 1.165) is 16.8 Å². The molecule has 3 aromatic carbocycles. The molecular weight excluding hydrogens is 336 g/mol. The monoisotopic (exact) mass is 358 g/mol. The Labute approximate surface area is 159 Å². The van der Waals surface area contributed by atoms with Crippen LogP contribution in [0.3, 0.4) is 0 Å². The van der Waals surface area contributed by atoms with Crippen molar-refractivity contribution in [1.82, 2.24) is 5.32 Å². The lowest BCUT2D eigenvalue weighted by molar-refractivity contribution is 0.0949. The van der Waals surface area contributed by atoms with E-state index in [0.29, 0.717) is 17.7 Å². The molecule has 3 aromatic rings. The predicted molar refractivity (Wildman–Crippen MR) is 108 cm³/mol. The first-order valence-electron chi connectivity index (χ1n) is 8.84. The summed E-state index contributed by atoms with van der Waals surface area (Å²) in [5.74, 6) is -0.364. The summed E-state index contributed by atoms with van der Waals surface area (Å²) in [4.78, 5) is 24.7. The van der Waals surface area contributed by atoms with Gasteiger partial charge in [0, 0.05) is 23.4 Å². The molecule has 0 aromatic heterocycles. The fourth-order valence-electron chi connectivity index (χ4n) is 2.67. The number of rotatable bonds is 5. The van der Waals surface area contributed by atoms with Crippen molar-refractivity contribution < 1.29 is 9.59 Å². The van der Waals surface area contributed by atoms with Gasteiger partial charge in [0.25, 0.3) is 11.8 Å². The van der Waals surface area contributed by atoms with Gasteiger partial charge in [0.1, 0.15) is 0 Å². The fraction of sp³-hybridized carbons (Fsp3) is 0.130. The van der Waals surface area contributed by atoms with Crippen LogP contribution in [-0.2, 0) is 6.54 Å². The van der Waals surface area contributed by atoms with Gasteiger partial charge in [0.05, 0.1) is 0 Å². The fourth-order valence-corrected chi connectivity index (χ4v) is 2.67. The first kappa shape index (κ1) is 18.4. The molecule has 2 amide bonds. The van der Waals surface area contributed by atoms with Gasteiger partial charge in [0.2, 0.25) is 0 Å². The number of para-hydroxylation sites is 1. The van der Waals surface area contributed by atoms with Crippen LogP contribution in [0.25, 0.3) is 0 Å². The zero-order valence-corrected chi connectivity index (χ0v) is 15.5. The van der Waals surface area contributed by atoms with Crippen LogP contribution < -0.4 is 10.6 Å². The smallest absolute Gasteiger partial charge is 0.255 e. The van der Waals surface area contributed by atoms with E-state index < -0.39 is 0 Å². The molecule has 27 heavy (non-hydrogen) atoms. The summed E-state index contributed by atoms with van der Waals surface area (Å²) in [5, 5.41) is 5.78. The molecule has 0 radical (unpaired) electrons. The van der Waals surface area contributed by atoms with E-state index in [-0.39, 0.29) is 11.8 Å². The third-order valence-electron chi connectivity index (χ3n) is 4.38. The minimum atomic E-state index is -0.198. The Bertz CT molecular complexity index is 945. The molecule has 0 unspecified atom stereocenters. The molecule has 0 aliphatic rings. The van der Waals surface area contributed by atoms with Crippen LogP contribution in [0.4, 0.5) is 5.69 Å². The first-order valence-corrected chi connectivity index (χ1v) is 8.84. The van der Waals surface area contributed by atoms with Crippen molar-refractivity contribution in [2.45, 2.75) is 20.4 Å². The molecule has 4 nitrogen and oxygen atoms in total. The Kier molecular flexibility index (Phi) is 5.67. The van der Waals surface area contributed by atoms with Crippen molar-refractivity contribution in [2.24, 2.45) is 0 Å². The summed E-state index contributed by atoms with van der Waals surface area (Å²) in [6.45, 7) is 4.44. The van der Waals surface area contributed by atoms with Crippen molar-refractivity contribution in [1.29, 1.82) is 0 Å². The first-order chi connectivity index (χ1) is 13.0. The van der Waals surface area contributed by atoms with Crippen LogP contribution in [0.1, 0.15) is 37.4 Å². The van der Waals surface area contributed by atoms with Gasteiger partial charge < -0.3 is 10.6 Å². The second kappa shape index (κ2) is 8.32. The third kappa shape index (κ3) is 4.82. The summed E-state index contributed by atoms with van der Waals surface area (Å²) in [6, 6.07) is 22.3. The average Bonchev–Trinajstić information content (AvgIpc) is 2.69. The normalized spacial score (nSPS) is 10.3. The van der Waals surface area contributed by atoms with Gasteiger partial charge in [-0.3, -0.25) is 9.59 Å². The molecule has 0 atom stereocenters. The minimum absolute atomic E-state index is 0.165. The molecule has 136 valence electrons. The second-order valence-electron chi connectivity index (χ2n) is 6.51. The van der Waals surface area contributed by atoms with Gasteiger partial charge in [-0.2, -0.15) is 0 Å². The number of hydrogen-bond donors (Lipinski definition) is 2. The van der Waals surface area contributed by atoms with Gasteiger partial charge in [-0.25, -0.2) is 0 Å². The van der Waals surface area contributed by atoms with E-state index in [1.54, 1.807) is 24.3 Å². The Hall–Kier alpha value is -3.40. The van der Waals surface area contributed by atoms with Crippen molar-refractivity contribution in [3.63, 3.8) is 0 Å². The Morgan fingerprint density at radius 1 is 0.741 bits per heavy atom. The summed E-state index contributed by atoms with van der Waals surface area (Å²) < 4.78 is 0. The minimum Gasteiger partial charge on any atom is -0.348 e. The average molecular weight is 358 g/mol. The van der Waals surface area contributed by atoms with Crippen LogP contribution in [0, 0.1) is 13.8 Å². The van der Waals surface area contributed by atoms with Crippen LogP contribution >= 0.6 is 0 Å². The summed E-state index contributed by atoms with van der Waals surface area (Å²) in [7, 11) is 0. The van der Waals surface area contributed by atoms with E-state index in [4.69, 9.17) is 0 Å². The molecule has 0 bridgehead atoms. The standard InChI is InChI=1S/C23H22N2O2/c1-16-7-9-18(10-8-16)15-24-22(26)19-11-13-20(14-12-19)23(27)25-21-6-4-3-5-17(21)2/h3-14H,15H2,1-2H3,(H,24,26)(H,25,27). The number of nitrogens with one attached hydrogen (secondary N) is 2. The molecule has 0 fully saturated rings. The third-order valence-corrected chi connectivity index (χ3v) is 4.38. The number of anilines is 1. The van der Waals surface area contributed by atoms with Crippen LogP contribution in [0.5, 0.6) is 0 Å². The number of amides is 2. The van der Waals surface area contributed by atoms with Crippen molar-refractivity contribution in [2.75, 3.05) is 5.32 Å². The second-order valence-corrected chi connectivity index (χ2v) is 6.51. The Morgan fingerprint density at radius 3 is 1.96 bits per heavy atom. The molecule has 4 heteroatoms. The molecule has 3 rings (SSSR count). The molecule has 0 spiro atoms. The number of carbonyl (C=O) groups excluding carboxylic acids is 2. The molecule has 0 aliphatic carbocycles. The SMILES string of the molecule is Cc1ccc(CNC(=O)c2ccc(C(=O)Nc3ccccc3C)cc2)cc1. The predicted octanol–water partition coefficient (Wildman–Crippen LogP) is 4.49. The highest BCUT2D eigenvalue weighted by atomic mass is 16.2. The quantitative estimate of drug-likeness (QED) is 0.706. The molecule has 2 N–H and O–H groups in total. The van der Waals surface area contributed by atoms with E-state index >= 15 is 0 Å². The number of hydrogen-bond acceptors (Lipinski definition) is 2. The van der Waals surface area contributed by atoms with Gasteiger partial charge in [-0.1, -0.05) is 48.0 Å². The highest BCUT2D eigenvalue weighted by molar-refractivity contribution is 6.05. The zero-order chi connectivity index (χ0) is 19.2. The van der Waals surface area contributed by atoms with E-state index in [2.05, 4.69) is 10.6 Å². The summed E-state index contributed by atoms with van der Waals surface area (Å²) in [6.07, 6.45) is 0. The molecular formula is C23H22N2O2. The van der Waals surface area contributed by atoms with Crippen LogP contribution in [-0.4, -0.2) is 11.8 Å². The maximum Gasteiger partial charge on any atom is 0.255 e.